The predicted octanol–water partition coefficient (Wildman–Crippen LogP) is 4.98. The zero-order valence-corrected chi connectivity index (χ0v) is 17.6. The largest absolute Gasteiger partial charge is 0.394 e. The molecule has 3 aliphatic carbocycles. The van der Waals surface area contributed by atoms with Gasteiger partial charge in [-0.1, -0.05) is 44.9 Å². The van der Waals surface area contributed by atoms with Gasteiger partial charge in [0.15, 0.2) is 0 Å². The number of fused-ring (bicyclic) bond motifs is 3. The lowest BCUT2D eigenvalue weighted by Crippen LogP contribution is -2.53. The van der Waals surface area contributed by atoms with E-state index in [1.54, 1.807) is 12.5 Å². The van der Waals surface area contributed by atoms with Crippen molar-refractivity contribution in [2.75, 3.05) is 6.61 Å². The van der Waals surface area contributed by atoms with Crippen LogP contribution in [0.4, 0.5) is 0 Å². The van der Waals surface area contributed by atoms with Crippen LogP contribution in [-0.4, -0.2) is 23.8 Å². The topological polar surface area (TPSA) is 55.8 Å². The van der Waals surface area contributed by atoms with Crippen molar-refractivity contribution in [2.45, 2.75) is 79.2 Å². The summed E-state index contributed by atoms with van der Waals surface area (Å²) in [4.78, 5) is 23.3. The first-order valence-electron chi connectivity index (χ1n) is 10.6. The first kappa shape index (κ1) is 20.6. The number of hydrogen-bond donors (Lipinski definition) is 1. The van der Waals surface area contributed by atoms with Crippen molar-refractivity contribution in [3.8, 4) is 0 Å². The Kier molecular flexibility index (Phi) is 5.88. The Morgan fingerprint density at radius 1 is 1.30 bits per heavy atom. The van der Waals surface area contributed by atoms with Crippen LogP contribution in [0.25, 0.3) is 0 Å². The lowest BCUT2D eigenvalue weighted by Gasteiger charge is -2.57. The van der Waals surface area contributed by atoms with Crippen molar-refractivity contribution in [2.24, 2.45) is 28.6 Å². The highest BCUT2D eigenvalue weighted by Gasteiger charge is 2.58. The molecule has 152 valence electrons. The summed E-state index contributed by atoms with van der Waals surface area (Å²) in [6, 6.07) is 0. The molecule has 5 atom stereocenters. The van der Waals surface area contributed by atoms with Gasteiger partial charge < -0.3 is 5.11 Å². The van der Waals surface area contributed by atoms with E-state index in [0.717, 1.165) is 19.3 Å². The van der Waals surface area contributed by atoms with Gasteiger partial charge in [-0.25, -0.2) is 4.79 Å². The quantitative estimate of drug-likeness (QED) is 0.543. The SMILES string of the molecule is CC(CO)OOC(=O)[C@@]1(C)CCC[C@@]2(C)C1CC=C1C=C(C(C)C)CC[C@H]12. The van der Waals surface area contributed by atoms with Gasteiger partial charge in [-0.3, -0.25) is 4.89 Å². The molecule has 0 radical (unpaired) electrons. The molecule has 4 nitrogen and oxygen atoms in total. The summed E-state index contributed by atoms with van der Waals surface area (Å²) in [5.41, 5.74) is 2.64. The van der Waals surface area contributed by atoms with Gasteiger partial charge in [0.25, 0.3) is 0 Å². The Balaban J connectivity index is 1.85. The highest BCUT2D eigenvalue weighted by atomic mass is 17.2. The van der Waals surface area contributed by atoms with Crippen LogP contribution in [0.2, 0.25) is 0 Å². The Labute approximate surface area is 163 Å². The molecule has 1 fully saturated rings. The molecule has 1 N–H and O–H groups in total. The molecule has 0 aromatic carbocycles. The maximum absolute atomic E-state index is 13.0. The first-order chi connectivity index (χ1) is 12.7. The third-order valence-corrected chi connectivity index (χ3v) is 7.59. The number of aliphatic hydroxyl groups excluding tert-OH is 1. The van der Waals surface area contributed by atoms with E-state index in [1.807, 2.05) is 0 Å². The van der Waals surface area contributed by atoms with E-state index in [9.17, 15) is 4.79 Å². The van der Waals surface area contributed by atoms with Crippen molar-refractivity contribution in [1.82, 2.24) is 0 Å². The molecule has 0 heterocycles. The lowest BCUT2D eigenvalue weighted by molar-refractivity contribution is -0.310. The summed E-state index contributed by atoms with van der Waals surface area (Å²) in [5, 5.41) is 9.11. The van der Waals surface area contributed by atoms with Crippen LogP contribution in [0.5, 0.6) is 0 Å². The third kappa shape index (κ3) is 3.63. The van der Waals surface area contributed by atoms with Crippen molar-refractivity contribution in [1.29, 1.82) is 0 Å². The van der Waals surface area contributed by atoms with Crippen LogP contribution in [0.15, 0.2) is 23.3 Å². The van der Waals surface area contributed by atoms with Crippen LogP contribution in [0.1, 0.15) is 73.1 Å². The molecule has 3 rings (SSSR count). The zero-order valence-electron chi connectivity index (χ0n) is 17.6. The van der Waals surface area contributed by atoms with E-state index in [2.05, 4.69) is 39.8 Å². The first-order valence-corrected chi connectivity index (χ1v) is 10.6. The Bertz CT molecular complexity index is 634. The Morgan fingerprint density at radius 3 is 2.70 bits per heavy atom. The number of allylic oxidation sites excluding steroid dienone is 4. The molecule has 0 spiro atoms. The summed E-state index contributed by atoms with van der Waals surface area (Å²) in [6.07, 6.45) is 10.6. The van der Waals surface area contributed by atoms with Gasteiger partial charge in [0.1, 0.15) is 6.10 Å². The minimum Gasteiger partial charge on any atom is -0.394 e. The van der Waals surface area contributed by atoms with Gasteiger partial charge in [-0.2, -0.15) is 4.89 Å². The maximum atomic E-state index is 13.0. The molecule has 0 amide bonds. The molecule has 1 saturated carbocycles. The molecule has 0 aromatic heterocycles. The second-order valence-electron chi connectivity index (χ2n) is 9.69. The highest BCUT2D eigenvalue weighted by molar-refractivity contribution is 5.76. The molecular formula is C23H36O4. The van der Waals surface area contributed by atoms with Gasteiger partial charge in [-0.15, -0.1) is 0 Å². The van der Waals surface area contributed by atoms with E-state index in [4.69, 9.17) is 14.9 Å². The summed E-state index contributed by atoms with van der Waals surface area (Å²) < 4.78 is 0. The average molecular weight is 377 g/mol. The van der Waals surface area contributed by atoms with Gasteiger partial charge in [0, 0.05) is 0 Å². The van der Waals surface area contributed by atoms with Gasteiger partial charge in [-0.05, 0) is 74.7 Å². The molecule has 0 saturated heterocycles. The summed E-state index contributed by atoms with van der Waals surface area (Å²) in [5.74, 6) is 1.13. The highest BCUT2D eigenvalue weighted by Crippen LogP contribution is 2.62. The van der Waals surface area contributed by atoms with E-state index in [1.165, 1.54) is 24.8 Å². The standard InChI is InChI=1S/C23H36O4/c1-15(2)17-7-9-19-18(13-17)8-10-20-22(19,4)11-6-12-23(20,5)21(25)27-26-16(3)14-24/h8,13,15-16,19-20,24H,6-7,9-12,14H2,1-5H3/t16?,19-,20?,22-,23+/m1/s1. The van der Waals surface area contributed by atoms with Gasteiger partial charge in [0.05, 0.1) is 12.0 Å². The number of hydrogen-bond acceptors (Lipinski definition) is 4. The predicted molar refractivity (Wildman–Crippen MR) is 106 cm³/mol. The molecular weight excluding hydrogens is 340 g/mol. The fourth-order valence-electron chi connectivity index (χ4n) is 5.84. The van der Waals surface area contributed by atoms with Crippen molar-refractivity contribution < 1.29 is 19.7 Å². The molecule has 4 heteroatoms. The second-order valence-corrected chi connectivity index (χ2v) is 9.69. The molecule has 27 heavy (non-hydrogen) atoms. The average Bonchev–Trinajstić information content (AvgIpc) is 2.65. The molecule has 2 unspecified atom stereocenters. The third-order valence-electron chi connectivity index (χ3n) is 7.59. The lowest BCUT2D eigenvalue weighted by atomic mass is 9.47. The normalized spacial score (nSPS) is 37.0. The van der Waals surface area contributed by atoms with Gasteiger partial charge >= 0.3 is 5.97 Å². The molecule has 3 aliphatic rings. The van der Waals surface area contributed by atoms with E-state index >= 15 is 0 Å². The number of carbonyl (C=O) groups is 1. The number of carbonyl (C=O) groups excluding carboxylic acids is 1. The van der Waals surface area contributed by atoms with Crippen LogP contribution < -0.4 is 0 Å². The van der Waals surface area contributed by atoms with Crippen LogP contribution >= 0.6 is 0 Å². The van der Waals surface area contributed by atoms with E-state index in [-0.39, 0.29) is 23.9 Å². The van der Waals surface area contributed by atoms with Gasteiger partial charge in [0.2, 0.25) is 0 Å². The van der Waals surface area contributed by atoms with Crippen molar-refractivity contribution in [3.05, 3.63) is 23.3 Å². The minimum absolute atomic E-state index is 0.123. The Hall–Kier alpha value is -1.13. The fraction of sp³-hybridized carbons (Fsp3) is 0.783. The maximum Gasteiger partial charge on any atom is 0.348 e. The van der Waals surface area contributed by atoms with Crippen molar-refractivity contribution >= 4 is 5.97 Å². The zero-order chi connectivity index (χ0) is 19.8. The number of rotatable bonds is 5. The second kappa shape index (κ2) is 7.71. The van der Waals surface area contributed by atoms with Crippen LogP contribution in [0, 0.1) is 28.6 Å². The molecule has 0 aliphatic heterocycles. The fourth-order valence-corrected chi connectivity index (χ4v) is 5.84. The smallest absolute Gasteiger partial charge is 0.348 e. The molecule has 0 bridgehead atoms. The summed E-state index contributed by atoms with van der Waals surface area (Å²) >= 11 is 0. The number of aliphatic hydroxyl groups is 1. The Morgan fingerprint density at radius 2 is 2.04 bits per heavy atom. The van der Waals surface area contributed by atoms with Crippen LogP contribution in [0.3, 0.4) is 0 Å². The molecule has 0 aromatic rings. The summed E-state index contributed by atoms with van der Waals surface area (Å²) in [7, 11) is 0. The van der Waals surface area contributed by atoms with Crippen molar-refractivity contribution in [3.63, 3.8) is 0 Å². The summed E-state index contributed by atoms with van der Waals surface area (Å²) in [6.45, 7) is 10.5. The monoisotopic (exact) mass is 376 g/mol. The van der Waals surface area contributed by atoms with Crippen LogP contribution in [-0.2, 0) is 14.6 Å². The minimum atomic E-state index is -0.535. The van der Waals surface area contributed by atoms with E-state index < -0.39 is 11.5 Å². The van der Waals surface area contributed by atoms with E-state index in [0.29, 0.717) is 11.8 Å².